The van der Waals surface area contributed by atoms with E-state index >= 15 is 0 Å². The lowest BCUT2D eigenvalue weighted by Crippen LogP contribution is -2.53. The Morgan fingerprint density at radius 3 is 2.88 bits per heavy atom. The van der Waals surface area contributed by atoms with Crippen molar-refractivity contribution in [3.05, 3.63) is 23.8 Å². The zero-order chi connectivity index (χ0) is 16.6. The lowest BCUT2D eigenvalue weighted by atomic mass is 10.1. The molecule has 1 amide bonds. The maximum Gasteiger partial charge on any atom is 0.299 e. The fraction of sp³-hybridized carbons (Fsp3) is 0.500. The Balaban J connectivity index is 0.00000208. The molecule has 3 rings (SSSR count). The van der Waals surface area contributed by atoms with Crippen molar-refractivity contribution in [2.24, 2.45) is 5.14 Å². The van der Waals surface area contributed by atoms with E-state index < -0.39 is 16.3 Å². The van der Waals surface area contributed by atoms with Gasteiger partial charge in [-0.2, -0.15) is 8.42 Å². The molecule has 0 saturated carbocycles. The van der Waals surface area contributed by atoms with Crippen molar-refractivity contribution >= 4 is 39.9 Å². The number of carbonyl (C=O) groups excluding carboxylic acids is 1. The van der Waals surface area contributed by atoms with Gasteiger partial charge in [0.2, 0.25) is 5.91 Å². The van der Waals surface area contributed by atoms with E-state index in [0.717, 1.165) is 9.87 Å². The van der Waals surface area contributed by atoms with E-state index in [2.05, 4.69) is 10.6 Å². The minimum absolute atomic E-state index is 0. The third kappa shape index (κ3) is 3.81. The van der Waals surface area contributed by atoms with Gasteiger partial charge in [0, 0.05) is 18.8 Å². The van der Waals surface area contributed by atoms with E-state index in [-0.39, 0.29) is 24.4 Å². The summed E-state index contributed by atoms with van der Waals surface area (Å²) in [6, 6.07) is 4.77. The summed E-state index contributed by atoms with van der Waals surface area (Å²) >= 11 is 0. The van der Waals surface area contributed by atoms with E-state index in [1.54, 1.807) is 12.1 Å². The van der Waals surface area contributed by atoms with Crippen LogP contribution in [0, 0.1) is 0 Å². The predicted octanol–water partition coefficient (Wildman–Crippen LogP) is -0.0102. The molecule has 0 unspecified atom stereocenters. The van der Waals surface area contributed by atoms with Gasteiger partial charge in [0.1, 0.15) is 6.04 Å². The molecule has 0 radical (unpaired) electrons. The topological polar surface area (TPSA) is 114 Å². The molecule has 24 heavy (non-hydrogen) atoms. The summed E-state index contributed by atoms with van der Waals surface area (Å²) in [6.07, 6.45) is 0.383. The monoisotopic (exact) mass is 376 g/mol. The standard InChI is InChI=1S/C14H20N4O4S.ClH/c1-9-13(16-5-7-22-9)14(19)17-11-3-2-10-4-6-18(12(10)8-11)23(15,20)21;/h2-3,8-9,13,16H,4-7H2,1H3,(H,17,19)(H2,15,20,21);1H/t9-,13+;/m1./s1. The van der Waals surface area contributed by atoms with E-state index in [1.165, 1.54) is 0 Å². The van der Waals surface area contributed by atoms with Crippen LogP contribution in [0.15, 0.2) is 18.2 Å². The number of morpholine rings is 1. The molecule has 4 N–H and O–H groups in total. The average molecular weight is 377 g/mol. The van der Waals surface area contributed by atoms with Crippen LogP contribution in [0.5, 0.6) is 0 Å². The molecule has 2 aliphatic heterocycles. The van der Waals surface area contributed by atoms with Crippen molar-refractivity contribution in [3.8, 4) is 0 Å². The lowest BCUT2D eigenvalue weighted by Gasteiger charge is -2.29. The zero-order valence-corrected chi connectivity index (χ0v) is 14.8. The van der Waals surface area contributed by atoms with Crippen molar-refractivity contribution in [1.82, 2.24) is 5.32 Å². The molecule has 0 spiro atoms. The van der Waals surface area contributed by atoms with Crippen LogP contribution in [0.4, 0.5) is 11.4 Å². The zero-order valence-electron chi connectivity index (χ0n) is 13.2. The second kappa shape index (κ2) is 7.24. The van der Waals surface area contributed by atoms with Crippen molar-refractivity contribution in [3.63, 3.8) is 0 Å². The number of nitrogens with two attached hydrogens (primary N) is 1. The number of hydrogen-bond donors (Lipinski definition) is 3. The molecule has 1 fully saturated rings. The fourth-order valence-electron chi connectivity index (χ4n) is 2.94. The SMILES string of the molecule is C[C@H]1OCCN[C@@H]1C(=O)Nc1ccc2c(c1)N(S(N)(=O)=O)CC2.Cl. The van der Waals surface area contributed by atoms with Crippen LogP contribution >= 0.6 is 12.4 Å². The second-order valence-electron chi connectivity index (χ2n) is 5.71. The third-order valence-electron chi connectivity index (χ3n) is 4.11. The van der Waals surface area contributed by atoms with Crippen LogP contribution in [0.3, 0.4) is 0 Å². The fourth-order valence-corrected chi connectivity index (χ4v) is 3.73. The van der Waals surface area contributed by atoms with Gasteiger partial charge in [-0.15, -0.1) is 12.4 Å². The molecular formula is C14H21ClN4O4S. The summed E-state index contributed by atoms with van der Waals surface area (Å²) in [5, 5.41) is 11.1. The first-order chi connectivity index (χ1) is 10.9. The number of benzene rings is 1. The Labute approximate surface area is 147 Å². The second-order valence-corrected chi connectivity index (χ2v) is 7.18. The number of fused-ring (bicyclic) bond motifs is 1. The number of amides is 1. The Hall–Kier alpha value is -1.39. The summed E-state index contributed by atoms with van der Waals surface area (Å²) in [6.45, 7) is 3.35. The first kappa shape index (κ1) is 18.9. The van der Waals surface area contributed by atoms with E-state index in [1.807, 2.05) is 13.0 Å². The summed E-state index contributed by atoms with van der Waals surface area (Å²) < 4.78 is 29.8. The highest BCUT2D eigenvalue weighted by Crippen LogP contribution is 2.32. The summed E-state index contributed by atoms with van der Waals surface area (Å²) in [4.78, 5) is 12.3. The van der Waals surface area contributed by atoms with Crippen LogP contribution in [-0.4, -0.2) is 46.2 Å². The quantitative estimate of drug-likeness (QED) is 0.686. The van der Waals surface area contributed by atoms with E-state index in [0.29, 0.717) is 37.5 Å². The smallest absolute Gasteiger partial charge is 0.299 e. The number of hydrogen-bond acceptors (Lipinski definition) is 5. The Morgan fingerprint density at radius 2 is 2.21 bits per heavy atom. The molecule has 0 bridgehead atoms. The van der Waals surface area contributed by atoms with Crippen molar-refractivity contribution in [2.75, 3.05) is 29.3 Å². The largest absolute Gasteiger partial charge is 0.375 e. The Bertz CT molecular complexity index is 727. The molecule has 1 saturated heterocycles. The number of nitrogens with one attached hydrogen (secondary N) is 2. The summed E-state index contributed by atoms with van der Waals surface area (Å²) in [5.41, 5.74) is 1.94. The molecule has 8 nitrogen and oxygen atoms in total. The van der Waals surface area contributed by atoms with Crippen LogP contribution in [-0.2, 0) is 26.2 Å². The molecule has 10 heteroatoms. The first-order valence-electron chi connectivity index (χ1n) is 7.45. The molecule has 0 aromatic heterocycles. The van der Waals surface area contributed by atoms with E-state index in [4.69, 9.17) is 9.88 Å². The summed E-state index contributed by atoms with van der Waals surface area (Å²) in [5.74, 6) is -0.211. The van der Waals surface area contributed by atoms with Gasteiger partial charge in [-0.3, -0.25) is 9.10 Å². The maximum absolute atomic E-state index is 12.3. The minimum atomic E-state index is -3.80. The van der Waals surface area contributed by atoms with Gasteiger partial charge in [-0.1, -0.05) is 6.07 Å². The first-order valence-corrected chi connectivity index (χ1v) is 8.96. The molecule has 2 heterocycles. The molecule has 1 aromatic rings. The number of rotatable bonds is 3. The van der Waals surface area contributed by atoms with Gasteiger partial charge in [-0.05, 0) is 31.0 Å². The Morgan fingerprint density at radius 1 is 1.46 bits per heavy atom. The normalized spacial score (nSPS) is 23.3. The van der Waals surface area contributed by atoms with Gasteiger partial charge >= 0.3 is 0 Å². The van der Waals surface area contributed by atoms with Crippen LogP contribution in [0.1, 0.15) is 12.5 Å². The number of carbonyl (C=O) groups is 1. The molecule has 2 aliphatic rings. The number of nitrogens with zero attached hydrogens (tertiary/aromatic N) is 1. The molecule has 1 aromatic carbocycles. The van der Waals surface area contributed by atoms with Crippen LogP contribution in [0.2, 0.25) is 0 Å². The highest BCUT2D eigenvalue weighted by Gasteiger charge is 2.30. The van der Waals surface area contributed by atoms with Crippen LogP contribution in [0.25, 0.3) is 0 Å². The van der Waals surface area contributed by atoms with Gasteiger partial charge in [0.25, 0.3) is 10.2 Å². The number of anilines is 2. The molecule has 2 atom stereocenters. The van der Waals surface area contributed by atoms with Gasteiger partial charge in [0.15, 0.2) is 0 Å². The molecule has 134 valence electrons. The van der Waals surface area contributed by atoms with Crippen molar-refractivity contribution < 1.29 is 17.9 Å². The minimum Gasteiger partial charge on any atom is -0.375 e. The molecular weight excluding hydrogens is 356 g/mol. The Kier molecular flexibility index (Phi) is 5.71. The highest BCUT2D eigenvalue weighted by atomic mass is 35.5. The highest BCUT2D eigenvalue weighted by molar-refractivity contribution is 7.90. The average Bonchev–Trinajstić information content (AvgIpc) is 2.90. The van der Waals surface area contributed by atoms with Crippen molar-refractivity contribution in [2.45, 2.75) is 25.5 Å². The lowest BCUT2D eigenvalue weighted by molar-refractivity contribution is -0.123. The van der Waals surface area contributed by atoms with Gasteiger partial charge in [-0.25, -0.2) is 5.14 Å². The summed E-state index contributed by atoms with van der Waals surface area (Å²) in [7, 11) is -3.80. The van der Waals surface area contributed by atoms with Crippen molar-refractivity contribution in [1.29, 1.82) is 0 Å². The molecule has 0 aliphatic carbocycles. The van der Waals surface area contributed by atoms with Gasteiger partial charge < -0.3 is 15.4 Å². The van der Waals surface area contributed by atoms with E-state index in [9.17, 15) is 13.2 Å². The number of ether oxygens (including phenoxy) is 1. The predicted molar refractivity (Wildman–Crippen MR) is 93.7 cm³/mol. The van der Waals surface area contributed by atoms with Gasteiger partial charge in [0.05, 0.1) is 18.4 Å². The maximum atomic E-state index is 12.3. The number of halogens is 1. The van der Waals surface area contributed by atoms with Crippen LogP contribution < -0.4 is 20.1 Å². The third-order valence-corrected chi connectivity index (χ3v) is 5.11.